The normalized spacial score (nSPS) is 37.6. The van der Waals surface area contributed by atoms with Gasteiger partial charge in [-0.15, -0.1) is 0 Å². The molecule has 1 nitrogen and oxygen atoms in total. The molecule has 1 unspecified atom stereocenters. The Balaban J connectivity index is 2.55. The van der Waals surface area contributed by atoms with E-state index in [9.17, 15) is 4.39 Å². The molecule has 1 atom stereocenters. The van der Waals surface area contributed by atoms with Crippen molar-refractivity contribution < 1.29 is 4.39 Å². The maximum Gasteiger partial charge on any atom is 0.214 e. The number of hydrogen-bond donors (Lipinski definition) is 1. The first-order valence-electron chi connectivity index (χ1n) is 2.10. The van der Waals surface area contributed by atoms with Crippen LogP contribution in [0.5, 0.6) is 0 Å². The van der Waals surface area contributed by atoms with Crippen molar-refractivity contribution in [3.63, 3.8) is 0 Å². The summed E-state index contributed by atoms with van der Waals surface area (Å²) in [7, 11) is 0. The van der Waals surface area contributed by atoms with Crippen LogP contribution in [0.1, 0.15) is 6.42 Å². The van der Waals surface area contributed by atoms with Crippen molar-refractivity contribution in [3.05, 3.63) is 10.4 Å². The lowest BCUT2D eigenvalue weighted by Crippen LogP contribution is -2.26. The molecule has 1 rings (SSSR count). The molecule has 0 radical (unpaired) electrons. The average molecular weight is 154 g/mol. The Bertz CT molecular complexity index is 134. The third kappa shape index (κ3) is 1.37. The second kappa shape index (κ2) is 1.90. The maximum absolute atomic E-state index is 12.5. The fourth-order valence-corrected chi connectivity index (χ4v) is 1.53. The van der Waals surface area contributed by atoms with Gasteiger partial charge >= 0.3 is 0 Å². The van der Waals surface area contributed by atoms with Crippen LogP contribution in [0.2, 0.25) is 0 Å². The molecule has 2 N–H and O–H groups in total. The molecular weight excluding hydrogens is 149 g/mol. The van der Waals surface area contributed by atoms with Gasteiger partial charge in [0.1, 0.15) is 0 Å². The van der Waals surface area contributed by atoms with E-state index in [0.29, 0.717) is 5.03 Å². The molecular formula is C4H5ClFNS. The molecule has 1 aliphatic rings. The van der Waals surface area contributed by atoms with Crippen molar-refractivity contribution in [2.75, 3.05) is 0 Å². The van der Waals surface area contributed by atoms with Crippen LogP contribution in [0.3, 0.4) is 0 Å². The molecule has 0 bridgehead atoms. The van der Waals surface area contributed by atoms with Gasteiger partial charge in [-0.3, -0.25) is 5.73 Å². The largest absolute Gasteiger partial charge is 0.290 e. The maximum atomic E-state index is 12.5. The summed E-state index contributed by atoms with van der Waals surface area (Å²) in [5.74, 6) is 0. The summed E-state index contributed by atoms with van der Waals surface area (Å²) >= 11 is 6.34. The zero-order valence-electron chi connectivity index (χ0n) is 4.03. The Hall–Kier alpha value is 0.270. The first-order chi connectivity index (χ1) is 3.60. The Kier molecular flexibility index (Phi) is 1.52. The number of hydrogen-bond acceptors (Lipinski definition) is 2. The summed E-state index contributed by atoms with van der Waals surface area (Å²) in [6.07, 6.45) is 0.138. The third-order valence-electron chi connectivity index (χ3n) is 0.793. The molecule has 0 aromatic heterocycles. The van der Waals surface area contributed by atoms with Crippen molar-refractivity contribution in [2.24, 2.45) is 5.73 Å². The smallest absolute Gasteiger partial charge is 0.214 e. The van der Waals surface area contributed by atoms with Crippen LogP contribution < -0.4 is 5.73 Å². The molecule has 1 aliphatic heterocycles. The van der Waals surface area contributed by atoms with Gasteiger partial charge in [0.2, 0.25) is 5.12 Å². The molecule has 8 heavy (non-hydrogen) atoms. The summed E-state index contributed by atoms with van der Waals surface area (Å²) in [6, 6.07) is 0. The predicted molar refractivity (Wildman–Crippen MR) is 34.2 cm³/mol. The topological polar surface area (TPSA) is 26.0 Å². The van der Waals surface area contributed by atoms with E-state index in [0.717, 1.165) is 11.8 Å². The van der Waals surface area contributed by atoms with E-state index in [2.05, 4.69) is 0 Å². The SMILES string of the molecule is NC1(F)CC(Cl)=CS1. The van der Waals surface area contributed by atoms with Crippen LogP contribution in [0.15, 0.2) is 10.4 Å². The Morgan fingerprint density at radius 3 is 2.75 bits per heavy atom. The molecule has 0 aromatic rings. The first kappa shape index (κ1) is 6.39. The van der Waals surface area contributed by atoms with E-state index in [4.69, 9.17) is 17.3 Å². The van der Waals surface area contributed by atoms with Crippen molar-refractivity contribution >= 4 is 23.4 Å². The lowest BCUT2D eigenvalue weighted by Gasteiger charge is -2.08. The van der Waals surface area contributed by atoms with E-state index in [-0.39, 0.29) is 6.42 Å². The van der Waals surface area contributed by atoms with Gasteiger partial charge in [-0.2, -0.15) is 0 Å². The molecule has 1 heterocycles. The van der Waals surface area contributed by atoms with Crippen molar-refractivity contribution in [3.8, 4) is 0 Å². The Morgan fingerprint density at radius 1 is 2.00 bits per heavy atom. The van der Waals surface area contributed by atoms with Crippen molar-refractivity contribution in [1.82, 2.24) is 0 Å². The van der Waals surface area contributed by atoms with Gasteiger partial charge in [0, 0.05) is 11.5 Å². The molecule has 0 fully saturated rings. The highest BCUT2D eigenvalue weighted by Crippen LogP contribution is 2.38. The lowest BCUT2D eigenvalue weighted by atomic mass is 10.4. The predicted octanol–water partition coefficient (Wildman–Crippen LogP) is 1.79. The molecule has 0 saturated heterocycles. The number of rotatable bonds is 0. The molecule has 4 heteroatoms. The molecule has 46 valence electrons. The minimum Gasteiger partial charge on any atom is -0.290 e. The Morgan fingerprint density at radius 2 is 2.62 bits per heavy atom. The van der Waals surface area contributed by atoms with E-state index < -0.39 is 5.12 Å². The molecule has 0 saturated carbocycles. The summed E-state index contributed by atoms with van der Waals surface area (Å²) in [4.78, 5) is 0. The van der Waals surface area contributed by atoms with E-state index in [1.54, 1.807) is 0 Å². The number of alkyl halides is 1. The molecule has 0 amide bonds. The van der Waals surface area contributed by atoms with Gasteiger partial charge in [-0.1, -0.05) is 23.4 Å². The second-order valence-corrected chi connectivity index (χ2v) is 3.28. The van der Waals surface area contributed by atoms with Crippen LogP contribution in [0.25, 0.3) is 0 Å². The number of halogens is 2. The molecule has 0 spiro atoms. The minimum atomic E-state index is -1.64. The van der Waals surface area contributed by atoms with E-state index in [1.165, 1.54) is 5.41 Å². The summed E-state index contributed by atoms with van der Waals surface area (Å²) < 4.78 is 12.5. The third-order valence-corrected chi connectivity index (χ3v) is 2.10. The van der Waals surface area contributed by atoms with Crippen LogP contribution in [0.4, 0.5) is 4.39 Å². The van der Waals surface area contributed by atoms with Crippen molar-refractivity contribution in [1.29, 1.82) is 0 Å². The van der Waals surface area contributed by atoms with Gasteiger partial charge < -0.3 is 0 Å². The lowest BCUT2D eigenvalue weighted by molar-refractivity contribution is 0.305. The van der Waals surface area contributed by atoms with Crippen LogP contribution in [-0.4, -0.2) is 5.12 Å². The van der Waals surface area contributed by atoms with Gasteiger partial charge in [-0.05, 0) is 5.41 Å². The Labute approximate surface area is 56.1 Å². The van der Waals surface area contributed by atoms with Crippen LogP contribution in [-0.2, 0) is 0 Å². The monoisotopic (exact) mass is 153 g/mol. The minimum absolute atomic E-state index is 0.138. The van der Waals surface area contributed by atoms with Gasteiger partial charge in [0.15, 0.2) is 0 Å². The van der Waals surface area contributed by atoms with Gasteiger partial charge in [0.05, 0.1) is 0 Å². The van der Waals surface area contributed by atoms with Gasteiger partial charge in [0.25, 0.3) is 0 Å². The summed E-state index contributed by atoms with van der Waals surface area (Å²) in [5.41, 5.74) is 5.03. The fourth-order valence-electron chi connectivity index (χ4n) is 0.476. The highest BCUT2D eigenvalue weighted by Gasteiger charge is 2.29. The standard InChI is InChI=1S/C4H5ClFNS/c5-3-1-4(6,7)8-2-3/h2H,1,7H2. The zero-order chi connectivity index (χ0) is 6.20. The summed E-state index contributed by atoms with van der Waals surface area (Å²) in [6.45, 7) is 0. The molecule has 0 aromatic carbocycles. The van der Waals surface area contributed by atoms with Crippen LogP contribution in [0, 0.1) is 0 Å². The first-order valence-corrected chi connectivity index (χ1v) is 3.36. The summed E-state index contributed by atoms with van der Waals surface area (Å²) in [5, 5.41) is 0.388. The zero-order valence-corrected chi connectivity index (χ0v) is 5.60. The number of nitrogens with two attached hydrogens (primary N) is 1. The average Bonchev–Trinajstić information content (AvgIpc) is 1.82. The van der Waals surface area contributed by atoms with Crippen LogP contribution >= 0.6 is 23.4 Å². The quantitative estimate of drug-likeness (QED) is 0.537. The van der Waals surface area contributed by atoms with E-state index >= 15 is 0 Å². The highest BCUT2D eigenvalue weighted by atomic mass is 35.5. The second-order valence-electron chi connectivity index (χ2n) is 1.65. The van der Waals surface area contributed by atoms with E-state index in [1.807, 2.05) is 0 Å². The van der Waals surface area contributed by atoms with Gasteiger partial charge in [-0.25, -0.2) is 4.39 Å². The molecule has 0 aliphatic carbocycles. The highest BCUT2D eigenvalue weighted by molar-refractivity contribution is 8.03. The number of thioether (sulfide) groups is 1. The van der Waals surface area contributed by atoms with Crippen molar-refractivity contribution in [2.45, 2.75) is 11.5 Å². The fraction of sp³-hybridized carbons (Fsp3) is 0.500.